The molecule has 0 bridgehead atoms. The molecule has 1 aromatic carbocycles. The SMILES string of the molecule is CC(C)(C)CN.C[O-].Cc1ncsc1-c1ccc(C(C)NC=O)cc1.OC1CCNC1.[K+]. The van der Waals surface area contributed by atoms with Crippen LogP contribution in [0.3, 0.4) is 0 Å². The zero-order valence-electron chi connectivity index (χ0n) is 20.6. The summed E-state index contributed by atoms with van der Waals surface area (Å²) in [6.07, 6.45) is 1.59. The van der Waals surface area contributed by atoms with Gasteiger partial charge in [-0.1, -0.05) is 45.0 Å². The summed E-state index contributed by atoms with van der Waals surface area (Å²) in [5.74, 6) is 0. The fraction of sp³-hybridized carbons (Fsp3) is 0.565. The van der Waals surface area contributed by atoms with Crippen molar-refractivity contribution in [3.8, 4) is 10.4 Å². The Morgan fingerprint density at radius 1 is 1.34 bits per heavy atom. The van der Waals surface area contributed by atoms with E-state index in [1.807, 2.05) is 31.5 Å². The summed E-state index contributed by atoms with van der Waals surface area (Å²) in [5.41, 5.74) is 10.8. The third-order valence-corrected chi connectivity index (χ3v) is 5.36. The predicted molar refractivity (Wildman–Crippen MR) is 128 cm³/mol. The van der Waals surface area contributed by atoms with Gasteiger partial charge in [-0.05, 0) is 49.9 Å². The van der Waals surface area contributed by atoms with Crippen molar-refractivity contribution < 1.29 is 66.4 Å². The molecule has 2 unspecified atom stereocenters. The van der Waals surface area contributed by atoms with Crippen LogP contribution in [0.5, 0.6) is 0 Å². The molecule has 0 radical (unpaired) electrons. The van der Waals surface area contributed by atoms with Crippen molar-refractivity contribution in [2.24, 2.45) is 11.1 Å². The normalized spacial score (nSPS) is 15.3. The van der Waals surface area contributed by atoms with Gasteiger partial charge in [-0.15, -0.1) is 11.3 Å². The molecule has 176 valence electrons. The van der Waals surface area contributed by atoms with Crippen molar-refractivity contribution in [1.82, 2.24) is 15.6 Å². The standard InChI is InChI=1S/C13H14N2OS.C5H13N.C4H9NO.CH3O.K/c1-9(14-7-16)11-3-5-12(6-4-11)13-10(2)15-8-17-13;1-5(2,3)4-6;6-4-1-2-5-3-4;1-2;/h3-9H,1-2H3,(H,14,16);4,6H2,1-3H3;4-6H,1-3H2;1H3;/q;;;-1;+1. The predicted octanol–water partition coefficient (Wildman–Crippen LogP) is -0.762. The van der Waals surface area contributed by atoms with E-state index in [2.05, 4.69) is 48.5 Å². The number of aliphatic hydroxyl groups excluding tert-OH is 1. The minimum Gasteiger partial charge on any atom is -0.857 e. The summed E-state index contributed by atoms with van der Waals surface area (Å²) in [5, 5.41) is 22.7. The van der Waals surface area contributed by atoms with Gasteiger partial charge in [-0.2, -0.15) is 7.11 Å². The number of hydrogen-bond donors (Lipinski definition) is 4. The van der Waals surface area contributed by atoms with Gasteiger partial charge in [0.15, 0.2) is 0 Å². The number of β-amino-alcohol motifs (C(OH)–C–C–N with tert-alkyl or cyclic N) is 1. The quantitative estimate of drug-likeness (QED) is 0.330. The van der Waals surface area contributed by atoms with Crippen molar-refractivity contribution in [3.63, 3.8) is 0 Å². The number of nitrogens with two attached hydrogens (primary N) is 1. The molecule has 2 atom stereocenters. The molecule has 1 amide bonds. The van der Waals surface area contributed by atoms with Gasteiger partial charge in [0.2, 0.25) is 6.41 Å². The van der Waals surface area contributed by atoms with Gasteiger partial charge < -0.3 is 26.6 Å². The average Bonchev–Trinajstić information content (AvgIpc) is 3.41. The second-order valence-corrected chi connectivity index (χ2v) is 9.16. The number of amides is 1. The fourth-order valence-electron chi connectivity index (χ4n) is 2.34. The van der Waals surface area contributed by atoms with E-state index in [1.165, 1.54) is 10.4 Å². The van der Waals surface area contributed by atoms with E-state index >= 15 is 0 Å². The summed E-state index contributed by atoms with van der Waals surface area (Å²) in [6, 6.07) is 8.26. The van der Waals surface area contributed by atoms with Gasteiger partial charge in [0.25, 0.3) is 0 Å². The largest absolute Gasteiger partial charge is 1.00 e. The number of aryl methyl sites for hydroxylation is 1. The van der Waals surface area contributed by atoms with Crippen molar-refractivity contribution in [2.75, 3.05) is 26.7 Å². The fourth-order valence-corrected chi connectivity index (χ4v) is 3.15. The summed E-state index contributed by atoms with van der Waals surface area (Å²) in [4.78, 5) is 15.8. The van der Waals surface area contributed by atoms with E-state index in [-0.39, 0.29) is 63.5 Å². The summed E-state index contributed by atoms with van der Waals surface area (Å²) < 4.78 is 0. The summed E-state index contributed by atoms with van der Waals surface area (Å²) in [6.45, 7) is 12.9. The van der Waals surface area contributed by atoms with Crippen LogP contribution >= 0.6 is 11.3 Å². The Kier molecular flexibility index (Phi) is 20.3. The smallest absolute Gasteiger partial charge is 0.857 e. The van der Waals surface area contributed by atoms with Gasteiger partial charge in [-0.25, -0.2) is 4.98 Å². The molecule has 9 heteroatoms. The maximum atomic E-state index is 10.4. The van der Waals surface area contributed by atoms with Crippen LogP contribution in [-0.4, -0.2) is 49.3 Å². The van der Waals surface area contributed by atoms with Crippen molar-refractivity contribution in [1.29, 1.82) is 0 Å². The number of benzene rings is 1. The number of aliphatic hydroxyl groups is 1. The molecule has 32 heavy (non-hydrogen) atoms. The van der Waals surface area contributed by atoms with Crippen LogP contribution in [0.15, 0.2) is 29.8 Å². The van der Waals surface area contributed by atoms with Gasteiger partial charge >= 0.3 is 51.4 Å². The average molecular weight is 491 g/mol. The first-order chi connectivity index (χ1) is 14.7. The van der Waals surface area contributed by atoms with E-state index in [1.54, 1.807) is 11.3 Å². The molecule has 7 nitrogen and oxygen atoms in total. The Hall–Kier alpha value is -0.204. The van der Waals surface area contributed by atoms with E-state index in [9.17, 15) is 4.79 Å². The minimum absolute atomic E-state index is 0. The number of aromatic nitrogens is 1. The Morgan fingerprint density at radius 2 is 1.91 bits per heavy atom. The monoisotopic (exact) mass is 490 g/mol. The topological polar surface area (TPSA) is 123 Å². The maximum Gasteiger partial charge on any atom is 1.00 e. The molecule has 1 aliphatic heterocycles. The van der Waals surface area contributed by atoms with Crippen LogP contribution in [0.1, 0.15) is 51.4 Å². The zero-order chi connectivity index (χ0) is 23.9. The van der Waals surface area contributed by atoms with Crippen molar-refractivity contribution >= 4 is 17.7 Å². The molecule has 2 aromatic rings. The summed E-state index contributed by atoms with van der Waals surface area (Å²) in [7, 11) is 0.750. The van der Waals surface area contributed by atoms with Crippen LogP contribution in [0.2, 0.25) is 0 Å². The van der Waals surface area contributed by atoms with Crippen LogP contribution in [0, 0.1) is 12.3 Å². The van der Waals surface area contributed by atoms with Crippen LogP contribution in [-0.2, 0) is 4.79 Å². The van der Waals surface area contributed by atoms with Crippen molar-refractivity contribution in [3.05, 3.63) is 41.0 Å². The molecule has 3 rings (SSSR count). The van der Waals surface area contributed by atoms with Gasteiger partial charge in [0.05, 0.1) is 28.2 Å². The minimum atomic E-state index is -0.0648. The first-order valence-electron chi connectivity index (χ1n) is 10.4. The van der Waals surface area contributed by atoms with Gasteiger partial charge in [0.1, 0.15) is 0 Å². The molecule has 1 fully saturated rings. The van der Waals surface area contributed by atoms with E-state index in [4.69, 9.17) is 15.9 Å². The van der Waals surface area contributed by atoms with E-state index < -0.39 is 0 Å². The number of carbonyl (C=O) groups excluding carboxylic acids is 1. The molecule has 1 aromatic heterocycles. The van der Waals surface area contributed by atoms with Crippen LogP contribution in [0.4, 0.5) is 0 Å². The molecule has 5 N–H and O–H groups in total. The second-order valence-electron chi connectivity index (χ2n) is 8.31. The Bertz CT molecular complexity index is 715. The van der Waals surface area contributed by atoms with E-state index in [0.29, 0.717) is 5.41 Å². The number of nitrogens with one attached hydrogen (secondary N) is 2. The first kappa shape index (κ1) is 34.0. The maximum absolute atomic E-state index is 10.4. The van der Waals surface area contributed by atoms with Crippen molar-refractivity contribution in [2.45, 2.75) is 53.2 Å². The molecular weight excluding hydrogens is 451 g/mol. The Labute approximate surface area is 240 Å². The molecule has 2 heterocycles. The molecule has 1 saturated heterocycles. The Morgan fingerprint density at radius 3 is 2.22 bits per heavy atom. The number of rotatable bonds is 4. The first-order valence-corrected chi connectivity index (χ1v) is 11.3. The molecule has 1 aliphatic rings. The molecular formula is C23H39KN4O3S. The zero-order valence-corrected chi connectivity index (χ0v) is 24.6. The third-order valence-electron chi connectivity index (χ3n) is 4.38. The summed E-state index contributed by atoms with van der Waals surface area (Å²) >= 11 is 1.64. The number of carbonyl (C=O) groups is 1. The van der Waals surface area contributed by atoms with Gasteiger partial charge in [-0.3, -0.25) is 4.79 Å². The van der Waals surface area contributed by atoms with Crippen LogP contribution in [0.25, 0.3) is 10.4 Å². The van der Waals surface area contributed by atoms with Crippen LogP contribution < -0.4 is 72.9 Å². The molecule has 0 saturated carbocycles. The van der Waals surface area contributed by atoms with E-state index in [0.717, 1.165) is 50.8 Å². The number of thiazole rings is 1. The third kappa shape index (κ3) is 14.8. The number of nitrogens with zero attached hydrogens (tertiary/aromatic N) is 1. The second kappa shape index (κ2) is 19.1. The molecule has 0 spiro atoms. The van der Waals surface area contributed by atoms with Gasteiger partial charge in [0, 0.05) is 6.54 Å². The molecule has 0 aliphatic carbocycles. The Balaban J connectivity index is 0. The number of hydrogen-bond acceptors (Lipinski definition) is 7.